The van der Waals surface area contributed by atoms with Gasteiger partial charge >= 0.3 is 24.2 Å². The first-order chi connectivity index (χ1) is 18.9. The van der Waals surface area contributed by atoms with Crippen molar-refractivity contribution < 1.29 is 48.0 Å². The van der Waals surface area contributed by atoms with Crippen molar-refractivity contribution in [2.45, 2.75) is 99.1 Å². The first-order valence-corrected chi connectivity index (χ1v) is 13.9. The fourth-order valence-corrected chi connectivity index (χ4v) is 3.67. The molecule has 3 N–H and O–H groups in total. The number of ether oxygens (including phenoxy) is 5. The SMILES string of the molecule is CC(C)CCOC(=O)Oc1ccc(CC(N)(C[C@H](C)OC(=O)CC(C)(C)C)C(=O)O)cc1OC(=O)OCCC(C)C. The maximum absolute atomic E-state index is 12.3. The smallest absolute Gasteiger partial charge is 0.480 e. The molecule has 0 aromatic heterocycles. The van der Waals surface area contributed by atoms with E-state index in [9.17, 15) is 24.3 Å². The van der Waals surface area contributed by atoms with E-state index in [2.05, 4.69) is 0 Å². The highest BCUT2D eigenvalue weighted by Gasteiger charge is 2.37. The molecule has 0 saturated carbocycles. The van der Waals surface area contributed by atoms with Crippen molar-refractivity contribution >= 4 is 24.2 Å². The van der Waals surface area contributed by atoms with Crippen molar-refractivity contribution in [3.8, 4) is 11.5 Å². The van der Waals surface area contributed by atoms with Crippen LogP contribution >= 0.6 is 0 Å². The number of rotatable bonds is 15. The van der Waals surface area contributed by atoms with Crippen LogP contribution in [0.4, 0.5) is 9.59 Å². The number of carboxylic acid groups (broad SMARTS) is 1. The Morgan fingerprint density at radius 2 is 1.37 bits per heavy atom. The van der Waals surface area contributed by atoms with Gasteiger partial charge in [0.25, 0.3) is 0 Å². The van der Waals surface area contributed by atoms with Gasteiger partial charge in [0.1, 0.15) is 11.6 Å². The van der Waals surface area contributed by atoms with E-state index in [0.29, 0.717) is 30.2 Å². The number of carbonyl (C=O) groups excluding carboxylic acids is 3. The molecule has 232 valence electrons. The summed E-state index contributed by atoms with van der Waals surface area (Å²) in [5.41, 5.74) is 4.54. The maximum Gasteiger partial charge on any atom is 0.513 e. The zero-order valence-electron chi connectivity index (χ0n) is 25.6. The third kappa shape index (κ3) is 14.7. The molecule has 0 aliphatic heterocycles. The lowest BCUT2D eigenvalue weighted by molar-refractivity contribution is -0.154. The summed E-state index contributed by atoms with van der Waals surface area (Å²) < 4.78 is 26.2. The molecule has 0 spiro atoms. The monoisotopic (exact) mass is 581 g/mol. The van der Waals surface area contributed by atoms with Gasteiger partial charge in [0.15, 0.2) is 11.5 Å². The molecule has 1 aromatic rings. The van der Waals surface area contributed by atoms with Crippen LogP contribution in [0.15, 0.2) is 18.2 Å². The van der Waals surface area contributed by atoms with E-state index >= 15 is 0 Å². The van der Waals surface area contributed by atoms with Crippen molar-refractivity contribution in [3.05, 3.63) is 23.8 Å². The van der Waals surface area contributed by atoms with Gasteiger partial charge in [-0.1, -0.05) is 54.5 Å². The highest BCUT2D eigenvalue weighted by Crippen LogP contribution is 2.32. The number of esters is 1. The normalized spacial score (nSPS) is 13.7. The Morgan fingerprint density at radius 3 is 1.83 bits per heavy atom. The molecular formula is C30H47NO10. The van der Waals surface area contributed by atoms with Crippen LogP contribution in [0, 0.1) is 17.3 Å². The Kier molecular flexibility index (Phi) is 14.1. The van der Waals surface area contributed by atoms with E-state index in [1.807, 2.05) is 48.5 Å². The quantitative estimate of drug-likeness (QED) is 0.144. The number of carbonyl (C=O) groups is 4. The summed E-state index contributed by atoms with van der Waals surface area (Å²) in [5.74, 6) is -1.43. The predicted molar refractivity (Wildman–Crippen MR) is 152 cm³/mol. The van der Waals surface area contributed by atoms with Gasteiger partial charge in [0.2, 0.25) is 0 Å². The summed E-state index contributed by atoms with van der Waals surface area (Å²) in [6.07, 6.45) is -1.74. The average Bonchev–Trinajstić information content (AvgIpc) is 2.78. The lowest BCUT2D eigenvalue weighted by Crippen LogP contribution is -2.52. The third-order valence-corrected chi connectivity index (χ3v) is 5.83. The first-order valence-electron chi connectivity index (χ1n) is 13.9. The third-order valence-electron chi connectivity index (χ3n) is 5.83. The van der Waals surface area contributed by atoms with Gasteiger partial charge in [0, 0.05) is 12.8 Å². The topological polar surface area (TPSA) is 161 Å². The minimum atomic E-state index is -1.82. The number of nitrogens with two attached hydrogens (primary N) is 1. The fourth-order valence-electron chi connectivity index (χ4n) is 3.67. The van der Waals surface area contributed by atoms with Crippen LogP contribution in [0.5, 0.6) is 11.5 Å². The average molecular weight is 582 g/mol. The van der Waals surface area contributed by atoms with Crippen LogP contribution < -0.4 is 15.2 Å². The largest absolute Gasteiger partial charge is 0.513 e. The summed E-state index contributed by atoms with van der Waals surface area (Å²) in [5, 5.41) is 9.96. The van der Waals surface area contributed by atoms with E-state index < -0.39 is 35.9 Å². The Bertz CT molecular complexity index is 1030. The van der Waals surface area contributed by atoms with Crippen LogP contribution in [0.1, 0.15) is 86.6 Å². The van der Waals surface area contributed by atoms with E-state index in [1.165, 1.54) is 18.2 Å². The molecule has 2 atom stereocenters. The van der Waals surface area contributed by atoms with Gasteiger partial charge in [-0.2, -0.15) is 0 Å². The minimum Gasteiger partial charge on any atom is -0.480 e. The van der Waals surface area contributed by atoms with Gasteiger partial charge in [-0.3, -0.25) is 9.59 Å². The molecule has 0 radical (unpaired) electrons. The second-order valence-electron chi connectivity index (χ2n) is 12.4. The molecule has 0 heterocycles. The fraction of sp³-hybridized carbons (Fsp3) is 0.667. The molecule has 0 fully saturated rings. The van der Waals surface area contributed by atoms with E-state index in [-0.39, 0.29) is 49.4 Å². The van der Waals surface area contributed by atoms with E-state index in [4.69, 9.17) is 29.4 Å². The molecule has 0 bridgehead atoms. The van der Waals surface area contributed by atoms with Crippen molar-refractivity contribution in [3.63, 3.8) is 0 Å². The van der Waals surface area contributed by atoms with Gasteiger partial charge in [-0.15, -0.1) is 0 Å². The van der Waals surface area contributed by atoms with Gasteiger partial charge < -0.3 is 34.5 Å². The molecule has 1 rings (SSSR count). The van der Waals surface area contributed by atoms with E-state index in [1.54, 1.807) is 6.92 Å². The zero-order valence-corrected chi connectivity index (χ0v) is 25.6. The Hall–Kier alpha value is -3.34. The molecular weight excluding hydrogens is 534 g/mol. The molecule has 0 aliphatic carbocycles. The molecule has 0 aliphatic rings. The lowest BCUT2D eigenvalue weighted by atomic mass is 9.86. The molecule has 11 heteroatoms. The first kappa shape index (κ1) is 35.7. The Balaban J connectivity index is 3.13. The van der Waals surface area contributed by atoms with Crippen molar-refractivity contribution in [1.82, 2.24) is 0 Å². The summed E-state index contributed by atoms with van der Waals surface area (Å²) in [4.78, 5) is 49.0. The number of aliphatic carboxylic acids is 1. The number of hydrogen-bond donors (Lipinski definition) is 2. The molecule has 0 saturated heterocycles. The number of benzene rings is 1. The molecule has 1 aromatic carbocycles. The number of carboxylic acids is 1. The standard InChI is InChI=1S/C30H47NO10/c1-19(2)11-13-37-27(35)40-23-10-9-22(15-24(23)41-28(36)38-14-12-20(3)4)17-30(31,26(33)34)16-21(5)39-25(32)18-29(6,7)8/h9-10,15,19-21H,11-14,16-18,31H2,1-8H3,(H,33,34)/t21-,30?/m0/s1. The second kappa shape index (κ2) is 16.2. The van der Waals surface area contributed by atoms with Crippen LogP contribution in [0.3, 0.4) is 0 Å². The number of hydrogen-bond acceptors (Lipinski definition) is 10. The van der Waals surface area contributed by atoms with Crippen LogP contribution in [0.2, 0.25) is 0 Å². The summed E-state index contributed by atoms with van der Waals surface area (Å²) in [6.45, 7) is 15.4. The van der Waals surface area contributed by atoms with Crippen molar-refractivity contribution in [1.29, 1.82) is 0 Å². The summed E-state index contributed by atoms with van der Waals surface area (Å²) >= 11 is 0. The van der Waals surface area contributed by atoms with Crippen LogP contribution in [-0.4, -0.2) is 54.2 Å². The highest BCUT2D eigenvalue weighted by atomic mass is 16.7. The van der Waals surface area contributed by atoms with Crippen molar-refractivity contribution in [2.75, 3.05) is 13.2 Å². The zero-order chi connectivity index (χ0) is 31.4. The lowest BCUT2D eigenvalue weighted by Gasteiger charge is -2.28. The van der Waals surface area contributed by atoms with Gasteiger partial charge in [-0.25, -0.2) is 9.59 Å². The molecule has 11 nitrogen and oxygen atoms in total. The minimum absolute atomic E-state index is 0.119. The predicted octanol–water partition coefficient (Wildman–Crippen LogP) is 5.89. The summed E-state index contributed by atoms with van der Waals surface area (Å²) in [7, 11) is 0. The Morgan fingerprint density at radius 1 is 0.854 bits per heavy atom. The second-order valence-corrected chi connectivity index (χ2v) is 12.4. The van der Waals surface area contributed by atoms with Gasteiger partial charge in [0.05, 0.1) is 19.6 Å². The van der Waals surface area contributed by atoms with Crippen LogP contribution in [0.25, 0.3) is 0 Å². The highest BCUT2D eigenvalue weighted by molar-refractivity contribution is 5.79. The van der Waals surface area contributed by atoms with Gasteiger partial charge in [-0.05, 0) is 54.7 Å². The maximum atomic E-state index is 12.3. The Labute approximate surface area is 243 Å². The molecule has 1 unspecified atom stereocenters. The van der Waals surface area contributed by atoms with Crippen LogP contribution in [-0.2, 0) is 30.2 Å². The molecule has 0 amide bonds. The van der Waals surface area contributed by atoms with Crippen molar-refractivity contribution in [2.24, 2.45) is 23.0 Å². The van der Waals surface area contributed by atoms with E-state index in [0.717, 1.165) is 0 Å². The summed E-state index contributed by atoms with van der Waals surface area (Å²) in [6, 6.07) is 4.20. The molecule has 41 heavy (non-hydrogen) atoms.